The average Bonchev–Trinajstić information content (AvgIpc) is 2.35. The highest BCUT2D eigenvalue weighted by Crippen LogP contribution is 2.16. The van der Waals surface area contributed by atoms with Gasteiger partial charge in [0, 0.05) is 17.6 Å². The monoisotopic (exact) mass is 282 g/mol. The summed E-state index contributed by atoms with van der Waals surface area (Å²) in [7, 11) is 0. The fourth-order valence-corrected chi connectivity index (χ4v) is 1.90. The number of benzene rings is 1. The number of hydrogen-bond acceptors (Lipinski definition) is 2. The van der Waals surface area contributed by atoms with E-state index < -0.39 is 0 Å². The van der Waals surface area contributed by atoms with Crippen molar-refractivity contribution in [1.82, 2.24) is 10.6 Å². The SMILES string of the molecule is CC(C)CCNC(=O)CN[C@@H](C)c1cccc(Cl)c1. The molecule has 19 heavy (non-hydrogen) atoms. The first-order valence-electron chi connectivity index (χ1n) is 6.74. The van der Waals surface area contributed by atoms with E-state index in [0.29, 0.717) is 17.5 Å². The second-order valence-corrected chi connectivity index (χ2v) is 5.63. The molecule has 0 aliphatic rings. The van der Waals surface area contributed by atoms with Gasteiger partial charge < -0.3 is 10.6 Å². The van der Waals surface area contributed by atoms with Crippen molar-refractivity contribution in [3.05, 3.63) is 34.9 Å². The zero-order valence-corrected chi connectivity index (χ0v) is 12.6. The van der Waals surface area contributed by atoms with Gasteiger partial charge in [0.15, 0.2) is 0 Å². The molecule has 1 atom stereocenters. The molecule has 0 spiro atoms. The summed E-state index contributed by atoms with van der Waals surface area (Å²) in [5.41, 5.74) is 1.09. The Labute approximate surface area is 120 Å². The molecule has 0 saturated carbocycles. The van der Waals surface area contributed by atoms with Gasteiger partial charge in [0.05, 0.1) is 6.54 Å². The van der Waals surface area contributed by atoms with E-state index in [2.05, 4.69) is 24.5 Å². The van der Waals surface area contributed by atoms with Crippen molar-refractivity contribution in [2.75, 3.05) is 13.1 Å². The molecule has 0 unspecified atom stereocenters. The summed E-state index contributed by atoms with van der Waals surface area (Å²) in [6.45, 7) is 7.37. The van der Waals surface area contributed by atoms with Crippen LogP contribution in [0.2, 0.25) is 5.02 Å². The quantitative estimate of drug-likeness (QED) is 0.807. The molecule has 0 aliphatic carbocycles. The van der Waals surface area contributed by atoms with Crippen LogP contribution < -0.4 is 10.6 Å². The maximum Gasteiger partial charge on any atom is 0.233 e. The van der Waals surface area contributed by atoms with E-state index in [4.69, 9.17) is 11.6 Å². The van der Waals surface area contributed by atoms with Crippen molar-refractivity contribution < 1.29 is 4.79 Å². The summed E-state index contributed by atoms with van der Waals surface area (Å²) in [5, 5.41) is 6.81. The van der Waals surface area contributed by atoms with Gasteiger partial charge in [0.25, 0.3) is 0 Å². The van der Waals surface area contributed by atoms with Crippen LogP contribution in [0.1, 0.15) is 38.8 Å². The van der Waals surface area contributed by atoms with Crippen molar-refractivity contribution >= 4 is 17.5 Å². The van der Waals surface area contributed by atoms with Crippen molar-refractivity contribution in [2.45, 2.75) is 33.2 Å². The van der Waals surface area contributed by atoms with Crippen molar-refractivity contribution in [2.24, 2.45) is 5.92 Å². The Kier molecular flexibility index (Phi) is 6.89. The molecule has 0 aromatic heterocycles. The minimum absolute atomic E-state index is 0.0366. The van der Waals surface area contributed by atoms with Crippen LogP contribution in [0.3, 0.4) is 0 Å². The molecule has 1 aromatic carbocycles. The van der Waals surface area contributed by atoms with E-state index in [1.807, 2.05) is 31.2 Å². The van der Waals surface area contributed by atoms with E-state index in [9.17, 15) is 4.79 Å². The Hall–Kier alpha value is -1.06. The van der Waals surface area contributed by atoms with Gasteiger partial charge in [-0.1, -0.05) is 37.6 Å². The number of carbonyl (C=O) groups is 1. The van der Waals surface area contributed by atoms with Gasteiger partial charge in [-0.3, -0.25) is 4.79 Å². The van der Waals surface area contributed by atoms with Gasteiger partial charge in [0.2, 0.25) is 5.91 Å². The lowest BCUT2D eigenvalue weighted by Crippen LogP contribution is -2.35. The predicted octanol–water partition coefficient (Wildman–Crippen LogP) is 3.15. The smallest absolute Gasteiger partial charge is 0.233 e. The van der Waals surface area contributed by atoms with E-state index in [1.54, 1.807) is 0 Å². The second kappa shape index (κ2) is 8.18. The summed E-state index contributed by atoms with van der Waals surface area (Å²) in [5.74, 6) is 0.646. The van der Waals surface area contributed by atoms with Crippen LogP contribution >= 0.6 is 11.6 Å². The van der Waals surface area contributed by atoms with Gasteiger partial charge in [-0.15, -0.1) is 0 Å². The first kappa shape index (κ1) is 16.0. The third kappa shape index (κ3) is 6.60. The highest BCUT2D eigenvalue weighted by Gasteiger charge is 2.07. The normalized spacial score (nSPS) is 12.5. The van der Waals surface area contributed by atoms with Gasteiger partial charge in [-0.25, -0.2) is 0 Å². The van der Waals surface area contributed by atoms with Crippen LogP contribution in [0, 0.1) is 5.92 Å². The number of hydrogen-bond donors (Lipinski definition) is 2. The second-order valence-electron chi connectivity index (χ2n) is 5.19. The molecular formula is C15H23ClN2O. The molecule has 0 heterocycles. The van der Waals surface area contributed by atoms with Gasteiger partial charge in [0.1, 0.15) is 0 Å². The molecule has 0 saturated heterocycles. The first-order valence-corrected chi connectivity index (χ1v) is 7.12. The average molecular weight is 283 g/mol. The Balaban J connectivity index is 2.30. The molecule has 2 N–H and O–H groups in total. The van der Waals surface area contributed by atoms with Crippen LogP contribution in [0.5, 0.6) is 0 Å². The lowest BCUT2D eigenvalue weighted by Gasteiger charge is -2.14. The topological polar surface area (TPSA) is 41.1 Å². The van der Waals surface area contributed by atoms with Crippen LogP contribution in [0.4, 0.5) is 0 Å². The molecule has 3 nitrogen and oxygen atoms in total. The highest BCUT2D eigenvalue weighted by atomic mass is 35.5. The zero-order chi connectivity index (χ0) is 14.3. The minimum atomic E-state index is 0.0366. The summed E-state index contributed by atoms with van der Waals surface area (Å²) in [4.78, 5) is 11.6. The maximum atomic E-state index is 11.6. The Morgan fingerprint density at radius 3 is 2.68 bits per heavy atom. The van der Waals surface area contributed by atoms with E-state index in [0.717, 1.165) is 18.5 Å². The number of amides is 1. The molecule has 4 heteroatoms. The van der Waals surface area contributed by atoms with Crippen molar-refractivity contribution in [3.8, 4) is 0 Å². The lowest BCUT2D eigenvalue weighted by molar-refractivity contribution is -0.120. The van der Waals surface area contributed by atoms with Crippen LogP contribution in [0.25, 0.3) is 0 Å². The summed E-state index contributed by atoms with van der Waals surface area (Å²) in [6, 6.07) is 7.78. The molecule has 106 valence electrons. The van der Waals surface area contributed by atoms with Crippen molar-refractivity contribution in [1.29, 1.82) is 0 Å². The van der Waals surface area contributed by atoms with Crippen LogP contribution in [-0.4, -0.2) is 19.0 Å². The third-order valence-corrected chi connectivity index (χ3v) is 3.20. The molecule has 1 amide bonds. The van der Waals surface area contributed by atoms with Crippen LogP contribution in [-0.2, 0) is 4.79 Å². The Bertz CT molecular complexity index is 407. The molecule has 0 aliphatic heterocycles. The van der Waals surface area contributed by atoms with Gasteiger partial charge in [-0.05, 0) is 37.0 Å². The third-order valence-electron chi connectivity index (χ3n) is 2.96. The Morgan fingerprint density at radius 2 is 2.05 bits per heavy atom. The highest BCUT2D eigenvalue weighted by molar-refractivity contribution is 6.30. The zero-order valence-electron chi connectivity index (χ0n) is 11.9. The van der Waals surface area contributed by atoms with Gasteiger partial charge in [-0.2, -0.15) is 0 Å². The maximum absolute atomic E-state index is 11.6. The van der Waals surface area contributed by atoms with Gasteiger partial charge >= 0.3 is 0 Å². The standard InChI is InChI=1S/C15H23ClN2O/c1-11(2)7-8-17-15(19)10-18-12(3)13-5-4-6-14(16)9-13/h4-6,9,11-12,18H,7-8,10H2,1-3H3,(H,17,19)/t12-/m0/s1. The first-order chi connectivity index (χ1) is 8.99. The number of nitrogens with one attached hydrogen (secondary N) is 2. The fraction of sp³-hybridized carbons (Fsp3) is 0.533. The number of rotatable bonds is 7. The van der Waals surface area contributed by atoms with Crippen molar-refractivity contribution in [3.63, 3.8) is 0 Å². The molecule has 0 radical (unpaired) electrons. The van der Waals surface area contributed by atoms with E-state index >= 15 is 0 Å². The summed E-state index contributed by atoms with van der Waals surface area (Å²) in [6.07, 6.45) is 1.01. The minimum Gasteiger partial charge on any atom is -0.355 e. The summed E-state index contributed by atoms with van der Waals surface area (Å²) < 4.78 is 0. The van der Waals surface area contributed by atoms with Crippen LogP contribution in [0.15, 0.2) is 24.3 Å². The molecule has 1 rings (SSSR count). The Morgan fingerprint density at radius 1 is 1.32 bits per heavy atom. The molecule has 0 fully saturated rings. The summed E-state index contributed by atoms with van der Waals surface area (Å²) >= 11 is 5.94. The predicted molar refractivity (Wildman–Crippen MR) is 80.3 cm³/mol. The fourth-order valence-electron chi connectivity index (χ4n) is 1.70. The largest absolute Gasteiger partial charge is 0.355 e. The van der Waals surface area contributed by atoms with E-state index in [-0.39, 0.29) is 11.9 Å². The lowest BCUT2D eigenvalue weighted by atomic mass is 10.1. The molecular weight excluding hydrogens is 260 g/mol. The number of halogens is 1. The molecule has 0 bridgehead atoms. The number of carbonyl (C=O) groups excluding carboxylic acids is 1. The molecule has 1 aromatic rings. The van der Waals surface area contributed by atoms with E-state index in [1.165, 1.54) is 0 Å².